The van der Waals surface area contributed by atoms with E-state index in [-0.39, 0.29) is 22.8 Å². The monoisotopic (exact) mass is 363 g/mol. The molecular formula is C22H21NO4. The Morgan fingerprint density at radius 2 is 2.00 bits per heavy atom. The number of benzene rings is 2. The van der Waals surface area contributed by atoms with Gasteiger partial charge in [0.05, 0.1) is 0 Å². The van der Waals surface area contributed by atoms with Crippen LogP contribution in [0.15, 0.2) is 45.6 Å². The lowest BCUT2D eigenvalue weighted by atomic mass is 9.98. The zero-order valence-corrected chi connectivity index (χ0v) is 15.4. The van der Waals surface area contributed by atoms with Gasteiger partial charge in [-0.05, 0) is 55.5 Å². The number of carbonyl (C=O) groups excluding carboxylic acids is 1. The first-order valence-electron chi connectivity index (χ1n) is 9.21. The number of amides is 1. The van der Waals surface area contributed by atoms with Gasteiger partial charge in [-0.15, -0.1) is 0 Å². The first kappa shape index (κ1) is 17.3. The van der Waals surface area contributed by atoms with E-state index in [1.807, 2.05) is 38.1 Å². The number of hydrogen-bond acceptors (Lipinski definition) is 4. The molecule has 1 aliphatic heterocycles. The second-order valence-electron chi connectivity index (χ2n) is 6.87. The summed E-state index contributed by atoms with van der Waals surface area (Å²) < 4.78 is 5.51. The van der Waals surface area contributed by atoms with Gasteiger partial charge in [-0.25, -0.2) is 4.79 Å². The van der Waals surface area contributed by atoms with Crippen LogP contribution in [-0.2, 0) is 12.8 Å². The number of nitrogens with zero attached hydrogens (tertiary/aromatic N) is 1. The third kappa shape index (κ3) is 2.70. The van der Waals surface area contributed by atoms with Crippen LogP contribution in [0.2, 0.25) is 0 Å². The van der Waals surface area contributed by atoms with Crippen molar-refractivity contribution in [3.05, 3.63) is 69.1 Å². The molecule has 1 aliphatic rings. The molecule has 1 N–H and O–H groups in total. The summed E-state index contributed by atoms with van der Waals surface area (Å²) in [5.41, 5.74) is 3.07. The average Bonchev–Trinajstić information content (AvgIpc) is 2.67. The normalized spacial score (nSPS) is 13.6. The molecule has 1 aromatic heterocycles. The van der Waals surface area contributed by atoms with Crippen molar-refractivity contribution in [2.45, 2.75) is 33.1 Å². The van der Waals surface area contributed by atoms with Crippen LogP contribution in [0.3, 0.4) is 0 Å². The zero-order valence-electron chi connectivity index (χ0n) is 15.4. The predicted octanol–water partition coefficient (Wildman–Crippen LogP) is 3.96. The first-order chi connectivity index (χ1) is 13.0. The topological polar surface area (TPSA) is 70.8 Å². The number of phenols is 1. The SMILES string of the molecule is CCc1c(C)c2ccc(O)c(C(=O)N3CCCc4ccccc43)c2oc1=O. The fourth-order valence-corrected chi connectivity index (χ4v) is 3.94. The summed E-state index contributed by atoms with van der Waals surface area (Å²) in [5.74, 6) is -0.528. The van der Waals surface area contributed by atoms with Crippen molar-refractivity contribution in [3.63, 3.8) is 0 Å². The van der Waals surface area contributed by atoms with Crippen LogP contribution in [0.4, 0.5) is 5.69 Å². The van der Waals surface area contributed by atoms with Crippen molar-refractivity contribution in [2.75, 3.05) is 11.4 Å². The molecule has 0 spiro atoms. The molecule has 5 heteroatoms. The summed E-state index contributed by atoms with van der Waals surface area (Å²) in [6, 6.07) is 11.0. The molecule has 0 bridgehead atoms. The van der Waals surface area contributed by atoms with Crippen molar-refractivity contribution in [2.24, 2.45) is 0 Å². The van der Waals surface area contributed by atoms with Crippen molar-refractivity contribution in [1.29, 1.82) is 0 Å². The van der Waals surface area contributed by atoms with Crippen LogP contribution < -0.4 is 10.5 Å². The van der Waals surface area contributed by atoms with Crippen LogP contribution >= 0.6 is 0 Å². The third-order valence-electron chi connectivity index (χ3n) is 5.36. The Morgan fingerprint density at radius 3 is 2.78 bits per heavy atom. The minimum Gasteiger partial charge on any atom is -0.507 e. The maximum atomic E-state index is 13.4. The van der Waals surface area contributed by atoms with Gasteiger partial charge in [-0.1, -0.05) is 25.1 Å². The highest BCUT2D eigenvalue weighted by molar-refractivity contribution is 6.15. The number of anilines is 1. The van der Waals surface area contributed by atoms with Gasteiger partial charge in [0.15, 0.2) is 5.58 Å². The van der Waals surface area contributed by atoms with E-state index < -0.39 is 5.63 Å². The van der Waals surface area contributed by atoms with Gasteiger partial charge in [-0.3, -0.25) is 4.79 Å². The summed E-state index contributed by atoms with van der Waals surface area (Å²) in [6.07, 6.45) is 2.31. The molecular weight excluding hydrogens is 342 g/mol. The molecule has 0 radical (unpaired) electrons. The van der Waals surface area contributed by atoms with E-state index >= 15 is 0 Å². The molecule has 1 amide bonds. The Kier molecular flexibility index (Phi) is 4.22. The number of rotatable bonds is 2. The number of phenolic OH excluding ortho intramolecular Hbond substituents is 1. The number of para-hydroxylation sites is 1. The molecule has 138 valence electrons. The van der Waals surface area contributed by atoms with Crippen LogP contribution in [0.1, 0.15) is 40.4 Å². The van der Waals surface area contributed by atoms with Gasteiger partial charge in [0.2, 0.25) is 0 Å². The van der Waals surface area contributed by atoms with E-state index in [4.69, 9.17) is 4.42 Å². The van der Waals surface area contributed by atoms with E-state index in [1.54, 1.807) is 11.0 Å². The molecule has 5 nitrogen and oxygen atoms in total. The maximum Gasteiger partial charge on any atom is 0.339 e. The fourth-order valence-electron chi connectivity index (χ4n) is 3.94. The van der Waals surface area contributed by atoms with Gasteiger partial charge in [-0.2, -0.15) is 0 Å². The van der Waals surface area contributed by atoms with E-state index in [2.05, 4.69) is 0 Å². The van der Waals surface area contributed by atoms with Crippen LogP contribution in [0.25, 0.3) is 11.0 Å². The maximum absolute atomic E-state index is 13.4. The zero-order chi connectivity index (χ0) is 19.1. The Bertz CT molecular complexity index is 1110. The van der Waals surface area contributed by atoms with Crippen LogP contribution in [-0.4, -0.2) is 17.6 Å². The molecule has 4 rings (SSSR count). The summed E-state index contributed by atoms with van der Waals surface area (Å²) in [6.45, 7) is 4.30. The molecule has 0 saturated heterocycles. The average molecular weight is 363 g/mol. The summed E-state index contributed by atoms with van der Waals surface area (Å²) >= 11 is 0. The highest BCUT2D eigenvalue weighted by atomic mass is 16.4. The Labute approximate surface area is 156 Å². The first-order valence-corrected chi connectivity index (χ1v) is 9.21. The van der Waals surface area contributed by atoms with Gasteiger partial charge in [0.25, 0.3) is 5.91 Å². The quantitative estimate of drug-likeness (QED) is 0.700. The van der Waals surface area contributed by atoms with Crippen LogP contribution in [0.5, 0.6) is 5.75 Å². The second-order valence-corrected chi connectivity index (χ2v) is 6.87. The molecule has 0 saturated carbocycles. The lowest BCUT2D eigenvalue weighted by molar-refractivity contribution is 0.0983. The number of aryl methyl sites for hydroxylation is 2. The van der Waals surface area contributed by atoms with E-state index in [0.29, 0.717) is 23.9 Å². The Morgan fingerprint density at radius 1 is 1.22 bits per heavy atom. The van der Waals surface area contributed by atoms with Crippen molar-refractivity contribution >= 4 is 22.6 Å². The smallest absolute Gasteiger partial charge is 0.339 e. The summed E-state index contributed by atoms with van der Waals surface area (Å²) in [5, 5.41) is 11.1. The van der Waals surface area contributed by atoms with Gasteiger partial charge in [0, 0.05) is 23.2 Å². The second kappa shape index (κ2) is 6.58. The van der Waals surface area contributed by atoms with Gasteiger partial charge in [0.1, 0.15) is 11.3 Å². The molecule has 0 fully saturated rings. The van der Waals surface area contributed by atoms with Crippen molar-refractivity contribution < 1.29 is 14.3 Å². The molecule has 0 unspecified atom stereocenters. The van der Waals surface area contributed by atoms with E-state index in [0.717, 1.165) is 29.7 Å². The largest absolute Gasteiger partial charge is 0.507 e. The highest BCUT2D eigenvalue weighted by Gasteiger charge is 2.28. The predicted molar refractivity (Wildman–Crippen MR) is 105 cm³/mol. The minimum atomic E-state index is -0.457. The third-order valence-corrected chi connectivity index (χ3v) is 5.36. The number of hydrogen-bond donors (Lipinski definition) is 1. The Hall–Kier alpha value is -3.08. The summed E-state index contributed by atoms with van der Waals surface area (Å²) in [7, 11) is 0. The van der Waals surface area contributed by atoms with Crippen molar-refractivity contribution in [1.82, 2.24) is 0 Å². The standard InChI is InChI=1S/C22H21NO4/c1-3-15-13(2)16-10-11-18(24)19(20(16)27-22(15)26)21(25)23-12-6-8-14-7-4-5-9-17(14)23/h4-5,7,9-11,24H,3,6,8,12H2,1-2H3. The van der Waals surface area contributed by atoms with Gasteiger partial charge < -0.3 is 14.4 Å². The molecule has 0 atom stereocenters. The van der Waals surface area contributed by atoms with E-state index in [1.165, 1.54) is 6.07 Å². The lowest BCUT2D eigenvalue weighted by Crippen LogP contribution is -2.35. The molecule has 2 aromatic carbocycles. The number of aromatic hydroxyl groups is 1. The van der Waals surface area contributed by atoms with Crippen molar-refractivity contribution in [3.8, 4) is 5.75 Å². The highest BCUT2D eigenvalue weighted by Crippen LogP contribution is 2.34. The summed E-state index contributed by atoms with van der Waals surface area (Å²) in [4.78, 5) is 27.4. The molecule has 3 aromatic rings. The number of fused-ring (bicyclic) bond motifs is 2. The van der Waals surface area contributed by atoms with Gasteiger partial charge >= 0.3 is 5.63 Å². The lowest BCUT2D eigenvalue weighted by Gasteiger charge is -2.29. The van der Waals surface area contributed by atoms with Crippen LogP contribution in [0, 0.1) is 6.92 Å². The number of carbonyl (C=O) groups is 1. The van der Waals surface area contributed by atoms with E-state index in [9.17, 15) is 14.7 Å². The fraction of sp³-hybridized carbons (Fsp3) is 0.273. The molecule has 2 heterocycles. The Balaban J connectivity index is 1.93. The minimum absolute atomic E-state index is 0.0482. The molecule has 0 aliphatic carbocycles. The molecule has 27 heavy (non-hydrogen) atoms.